The van der Waals surface area contributed by atoms with Gasteiger partial charge in [-0.15, -0.1) is 0 Å². The number of oxazole rings is 1. The summed E-state index contributed by atoms with van der Waals surface area (Å²) in [6.45, 7) is 3.84. The van der Waals surface area contributed by atoms with Gasteiger partial charge in [0.1, 0.15) is 11.8 Å². The second kappa shape index (κ2) is 4.37. The van der Waals surface area contributed by atoms with Crippen LogP contribution < -0.4 is 16.8 Å². The van der Waals surface area contributed by atoms with Crippen LogP contribution in [0.5, 0.6) is 0 Å². The molecule has 0 amide bonds. The van der Waals surface area contributed by atoms with Crippen LogP contribution in [-0.4, -0.2) is 4.98 Å². The van der Waals surface area contributed by atoms with Gasteiger partial charge in [0.25, 0.3) is 0 Å². The number of anilines is 3. The summed E-state index contributed by atoms with van der Waals surface area (Å²) < 4.78 is 5.44. The molecular weight excluding hydrogens is 216 g/mol. The molecule has 5 heteroatoms. The molecule has 1 heterocycles. The van der Waals surface area contributed by atoms with Crippen molar-refractivity contribution in [3.8, 4) is 0 Å². The summed E-state index contributed by atoms with van der Waals surface area (Å²) in [6.07, 6.45) is 1.70. The molecule has 5 N–H and O–H groups in total. The maximum Gasteiger partial charge on any atom is 0.216 e. The van der Waals surface area contributed by atoms with Crippen molar-refractivity contribution >= 4 is 17.1 Å². The topological polar surface area (TPSA) is 90.1 Å². The summed E-state index contributed by atoms with van der Waals surface area (Å²) in [4.78, 5) is 4.17. The first-order valence-corrected chi connectivity index (χ1v) is 5.40. The van der Waals surface area contributed by atoms with Crippen LogP contribution in [0.25, 0.3) is 0 Å². The highest BCUT2D eigenvalue weighted by molar-refractivity contribution is 5.69. The van der Waals surface area contributed by atoms with E-state index in [1.807, 2.05) is 19.9 Å². The molecule has 0 radical (unpaired) electrons. The Morgan fingerprint density at radius 1 is 1.29 bits per heavy atom. The van der Waals surface area contributed by atoms with Crippen LogP contribution in [0.3, 0.4) is 0 Å². The normalized spacial score (nSPS) is 12.4. The molecule has 0 bridgehead atoms. The molecule has 1 atom stereocenters. The van der Waals surface area contributed by atoms with E-state index >= 15 is 0 Å². The summed E-state index contributed by atoms with van der Waals surface area (Å²) in [5.41, 5.74) is 13.4. The van der Waals surface area contributed by atoms with E-state index in [0.717, 1.165) is 11.4 Å². The average Bonchev–Trinajstić information content (AvgIpc) is 2.70. The minimum absolute atomic E-state index is 0.0216. The number of nitrogen functional groups attached to an aromatic ring is 2. The number of hydrogen-bond donors (Lipinski definition) is 3. The Kier molecular flexibility index (Phi) is 2.91. The molecule has 0 saturated heterocycles. The van der Waals surface area contributed by atoms with Crippen molar-refractivity contribution in [3.05, 3.63) is 36.0 Å². The van der Waals surface area contributed by atoms with E-state index in [-0.39, 0.29) is 6.04 Å². The van der Waals surface area contributed by atoms with Crippen LogP contribution in [0.2, 0.25) is 0 Å². The third-order valence-corrected chi connectivity index (χ3v) is 2.48. The lowest BCUT2D eigenvalue weighted by Gasteiger charge is -2.12. The van der Waals surface area contributed by atoms with Crippen molar-refractivity contribution < 1.29 is 4.42 Å². The van der Waals surface area contributed by atoms with Crippen molar-refractivity contribution in [1.82, 2.24) is 4.98 Å². The van der Waals surface area contributed by atoms with Crippen LogP contribution in [0.1, 0.15) is 24.6 Å². The highest BCUT2D eigenvalue weighted by Gasteiger charge is 2.11. The maximum atomic E-state index is 5.74. The van der Waals surface area contributed by atoms with Gasteiger partial charge in [-0.05, 0) is 32.0 Å². The quantitative estimate of drug-likeness (QED) is 0.706. The van der Waals surface area contributed by atoms with E-state index in [1.54, 1.807) is 18.3 Å². The van der Waals surface area contributed by atoms with Gasteiger partial charge in [-0.2, -0.15) is 0 Å². The molecule has 1 unspecified atom stereocenters. The van der Waals surface area contributed by atoms with Gasteiger partial charge in [-0.25, -0.2) is 4.98 Å². The van der Waals surface area contributed by atoms with Crippen LogP contribution >= 0.6 is 0 Å². The number of aryl methyl sites for hydroxylation is 1. The monoisotopic (exact) mass is 232 g/mol. The van der Waals surface area contributed by atoms with Crippen LogP contribution in [0.4, 0.5) is 17.1 Å². The van der Waals surface area contributed by atoms with Gasteiger partial charge in [0.05, 0.1) is 17.6 Å². The van der Waals surface area contributed by atoms with Gasteiger partial charge in [0.2, 0.25) is 5.89 Å². The zero-order valence-electron chi connectivity index (χ0n) is 9.90. The predicted molar refractivity (Wildman–Crippen MR) is 68.5 cm³/mol. The van der Waals surface area contributed by atoms with Crippen molar-refractivity contribution in [2.24, 2.45) is 0 Å². The summed E-state index contributed by atoms with van der Waals surface area (Å²) >= 11 is 0. The number of nitrogens with zero attached hydrogens (tertiary/aromatic N) is 1. The van der Waals surface area contributed by atoms with E-state index in [2.05, 4.69) is 10.3 Å². The molecule has 17 heavy (non-hydrogen) atoms. The SMILES string of the molecule is Cc1cnc(C(C)Nc2ccc(N)c(N)c2)o1. The van der Waals surface area contributed by atoms with E-state index in [1.165, 1.54) is 0 Å². The second-order valence-electron chi connectivity index (χ2n) is 4.02. The number of rotatable bonds is 3. The number of aromatic nitrogens is 1. The number of benzene rings is 1. The third-order valence-electron chi connectivity index (χ3n) is 2.48. The first kappa shape index (κ1) is 11.3. The van der Waals surface area contributed by atoms with Gasteiger partial charge in [-0.3, -0.25) is 0 Å². The van der Waals surface area contributed by atoms with Crippen molar-refractivity contribution in [2.75, 3.05) is 16.8 Å². The average molecular weight is 232 g/mol. The molecule has 1 aromatic carbocycles. The Morgan fingerprint density at radius 3 is 2.65 bits per heavy atom. The first-order valence-electron chi connectivity index (χ1n) is 5.40. The molecule has 5 nitrogen and oxygen atoms in total. The van der Waals surface area contributed by atoms with Gasteiger partial charge >= 0.3 is 0 Å². The largest absolute Gasteiger partial charge is 0.444 e. The molecule has 90 valence electrons. The second-order valence-corrected chi connectivity index (χ2v) is 4.02. The standard InChI is InChI=1S/C12H16N4O/c1-7-6-15-12(17-7)8(2)16-9-3-4-10(13)11(14)5-9/h3-6,8,16H,13-14H2,1-2H3. The lowest BCUT2D eigenvalue weighted by molar-refractivity contribution is 0.454. The summed E-state index contributed by atoms with van der Waals surface area (Å²) in [6, 6.07) is 5.41. The Balaban J connectivity index is 2.12. The number of nitrogens with one attached hydrogen (secondary N) is 1. The Bertz CT molecular complexity index is 521. The molecule has 0 fully saturated rings. The lowest BCUT2D eigenvalue weighted by Crippen LogP contribution is -2.07. The Morgan fingerprint density at radius 2 is 2.06 bits per heavy atom. The predicted octanol–water partition coefficient (Wildman–Crippen LogP) is 2.32. The zero-order valence-corrected chi connectivity index (χ0v) is 9.90. The molecule has 2 rings (SSSR count). The molecular formula is C12H16N4O. The molecule has 2 aromatic rings. The van der Waals surface area contributed by atoms with Crippen LogP contribution in [0.15, 0.2) is 28.8 Å². The summed E-state index contributed by atoms with van der Waals surface area (Å²) in [5.74, 6) is 1.45. The van der Waals surface area contributed by atoms with E-state index in [4.69, 9.17) is 15.9 Å². The Labute approximate surface area is 99.8 Å². The molecule has 0 saturated carbocycles. The van der Waals surface area contributed by atoms with Crippen molar-refractivity contribution in [2.45, 2.75) is 19.9 Å². The van der Waals surface area contributed by atoms with Gasteiger partial charge in [-0.1, -0.05) is 0 Å². The highest BCUT2D eigenvalue weighted by Crippen LogP contribution is 2.23. The fourth-order valence-corrected chi connectivity index (χ4v) is 1.55. The molecule has 0 aliphatic heterocycles. The van der Waals surface area contributed by atoms with E-state index < -0.39 is 0 Å². The van der Waals surface area contributed by atoms with Gasteiger partial charge < -0.3 is 21.2 Å². The molecule has 0 aliphatic carbocycles. The minimum Gasteiger partial charge on any atom is -0.444 e. The van der Waals surface area contributed by atoms with Crippen molar-refractivity contribution in [3.63, 3.8) is 0 Å². The van der Waals surface area contributed by atoms with E-state index in [9.17, 15) is 0 Å². The first-order chi connectivity index (χ1) is 8.06. The molecule has 1 aromatic heterocycles. The van der Waals surface area contributed by atoms with Crippen LogP contribution in [-0.2, 0) is 0 Å². The van der Waals surface area contributed by atoms with E-state index in [0.29, 0.717) is 17.3 Å². The lowest BCUT2D eigenvalue weighted by atomic mass is 10.2. The Hall–Kier alpha value is -2.17. The van der Waals surface area contributed by atoms with Crippen molar-refractivity contribution in [1.29, 1.82) is 0 Å². The third kappa shape index (κ3) is 2.50. The van der Waals surface area contributed by atoms with Crippen LogP contribution in [0, 0.1) is 6.92 Å². The molecule has 0 spiro atoms. The zero-order chi connectivity index (χ0) is 12.4. The summed E-state index contributed by atoms with van der Waals surface area (Å²) in [7, 11) is 0. The smallest absolute Gasteiger partial charge is 0.216 e. The fourth-order valence-electron chi connectivity index (χ4n) is 1.55. The van der Waals surface area contributed by atoms with Gasteiger partial charge in [0.15, 0.2) is 0 Å². The number of nitrogens with two attached hydrogens (primary N) is 2. The highest BCUT2D eigenvalue weighted by atomic mass is 16.4. The minimum atomic E-state index is -0.0216. The molecule has 0 aliphatic rings. The van der Waals surface area contributed by atoms with Gasteiger partial charge in [0, 0.05) is 5.69 Å². The summed E-state index contributed by atoms with van der Waals surface area (Å²) in [5, 5.41) is 3.25. The number of hydrogen-bond acceptors (Lipinski definition) is 5. The maximum absolute atomic E-state index is 5.74. The fraction of sp³-hybridized carbons (Fsp3) is 0.250.